The number of fused-ring (bicyclic) bond motifs is 1. The molecular formula is C24H25F2N3O4. The van der Waals surface area contributed by atoms with Crippen molar-refractivity contribution in [2.75, 3.05) is 57.2 Å². The first kappa shape index (κ1) is 22.7. The molecule has 1 N–H and O–H groups in total. The van der Waals surface area contributed by atoms with E-state index in [1.807, 2.05) is 4.90 Å². The van der Waals surface area contributed by atoms with Gasteiger partial charge in [-0.1, -0.05) is 0 Å². The van der Waals surface area contributed by atoms with Gasteiger partial charge in [-0.3, -0.25) is 9.59 Å². The van der Waals surface area contributed by atoms with E-state index in [1.54, 1.807) is 26.2 Å². The molecule has 3 aromatic rings. The number of morpholine rings is 1. The average Bonchev–Trinajstić information content (AvgIpc) is 2.78. The van der Waals surface area contributed by atoms with Crippen molar-refractivity contribution in [3.05, 3.63) is 69.4 Å². The summed E-state index contributed by atoms with van der Waals surface area (Å²) in [5, 5.41) is 3.29. The minimum absolute atomic E-state index is 0.241. The molecular weight excluding hydrogens is 432 g/mol. The van der Waals surface area contributed by atoms with Crippen molar-refractivity contribution in [3.8, 4) is 0 Å². The first-order valence-electron chi connectivity index (χ1n) is 10.7. The summed E-state index contributed by atoms with van der Waals surface area (Å²) in [5.41, 5.74) is 1.46. The van der Waals surface area contributed by atoms with Gasteiger partial charge < -0.3 is 24.3 Å². The molecule has 1 aliphatic rings. The number of carbonyl (C=O) groups excluding carboxylic acids is 1. The van der Waals surface area contributed by atoms with Gasteiger partial charge in [-0.05, 0) is 36.2 Å². The third kappa shape index (κ3) is 5.14. The van der Waals surface area contributed by atoms with Crippen LogP contribution in [0.4, 0.5) is 20.4 Å². The predicted molar refractivity (Wildman–Crippen MR) is 122 cm³/mol. The molecule has 0 unspecified atom stereocenters. The van der Waals surface area contributed by atoms with Gasteiger partial charge in [0.15, 0.2) is 11.3 Å². The normalized spacial score (nSPS) is 13.9. The fraction of sp³-hybridized carbons (Fsp3) is 0.333. The highest BCUT2D eigenvalue weighted by Gasteiger charge is 2.19. The lowest BCUT2D eigenvalue weighted by Crippen LogP contribution is -2.36. The molecule has 0 spiro atoms. The van der Waals surface area contributed by atoms with Crippen molar-refractivity contribution in [1.82, 2.24) is 4.90 Å². The Kier molecular flexibility index (Phi) is 6.60. The van der Waals surface area contributed by atoms with Crippen LogP contribution in [0.2, 0.25) is 0 Å². The van der Waals surface area contributed by atoms with Crippen LogP contribution in [-0.4, -0.2) is 57.8 Å². The Balaban J connectivity index is 1.70. The maximum absolute atomic E-state index is 13.5. The van der Waals surface area contributed by atoms with E-state index in [9.17, 15) is 18.4 Å². The number of ether oxygens (including phenoxy) is 1. The van der Waals surface area contributed by atoms with E-state index in [1.165, 1.54) is 23.1 Å². The van der Waals surface area contributed by atoms with Crippen LogP contribution in [-0.2, 0) is 11.2 Å². The quantitative estimate of drug-likeness (QED) is 0.613. The number of amides is 1. The second-order valence-corrected chi connectivity index (χ2v) is 8.09. The van der Waals surface area contributed by atoms with Gasteiger partial charge in [0.1, 0.15) is 17.2 Å². The zero-order valence-electron chi connectivity index (χ0n) is 18.5. The molecule has 0 saturated carbocycles. The Labute approximate surface area is 189 Å². The lowest BCUT2D eigenvalue weighted by Gasteiger charge is -2.27. The van der Waals surface area contributed by atoms with Crippen LogP contribution in [0.3, 0.4) is 0 Å². The topological polar surface area (TPSA) is 75.0 Å². The number of carbonyl (C=O) groups is 1. The third-order valence-corrected chi connectivity index (χ3v) is 5.45. The molecule has 1 amide bonds. The van der Waals surface area contributed by atoms with Crippen molar-refractivity contribution >= 4 is 28.4 Å². The molecule has 9 heteroatoms. The second kappa shape index (κ2) is 9.58. The average molecular weight is 457 g/mol. The molecule has 1 saturated heterocycles. The van der Waals surface area contributed by atoms with Crippen LogP contribution in [0, 0.1) is 11.6 Å². The molecule has 0 bridgehead atoms. The molecule has 1 fully saturated rings. The van der Waals surface area contributed by atoms with Gasteiger partial charge in [-0.15, -0.1) is 0 Å². The number of hydrogen-bond acceptors (Lipinski definition) is 6. The van der Waals surface area contributed by atoms with E-state index >= 15 is 0 Å². The second-order valence-electron chi connectivity index (χ2n) is 8.09. The highest BCUT2D eigenvalue weighted by atomic mass is 19.1. The van der Waals surface area contributed by atoms with Gasteiger partial charge in [-0.25, -0.2) is 8.78 Å². The van der Waals surface area contributed by atoms with Crippen LogP contribution >= 0.6 is 0 Å². The van der Waals surface area contributed by atoms with Crippen molar-refractivity contribution in [2.24, 2.45) is 0 Å². The molecule has 2 aromatic carbocycles. The van der Waals surface area contributed by atoms with Gasteiger partial charge in [0.25, 0.3) is 5.91 Å². The van der Waals surface area contributed by atoms with E-state index in [2.05, 4.69) is 5.32 Å². The van der Waals surface area contributed by atoms with E-state index < -0.39 is 11.6 Å². The van der Waals surface area contributed by atoms with Crippen molar-refractivity contribution in [2.45, 2.75) is 6.42 Å². The number of benzene rings is 2. The van der Waals surface area contributed by atoms with Gasteiger partial charge in [0, 0.05) is 57.1 Å². The molecule has 4 rings (SSSR count). The summed E-state index contributed by atoms with van der Waals surface area (Å²) < 4.78 is 38.5. The lowest BCUT2D eigenvalue weighted by molar-refractivity contribution is 0.0827. The number of nitrogens with one attached hydrogen (secondary N) is 1. The minimum Gasteiger partial charge on any atom is -0.440 e. The van der Waals surface area contributed by atoms with Crippen molar-refractivity contribution in [1.29, 1.82) is 0 Å². The van der Waals surface area contributed by atoms with E-state index in [4.69, 9.17) is 9.15 Å². The van der Waals surface area contributed by atoms with Crippen LogP contribution in [0.1, 0.15) is 15.9 Å². The summed E-state index contributed by atoms with van der Waals surface area (Å²) in [6.07, 6.45) is 0.360. The lowest BCUT2D eigenvalue weighted by atomic mass is 10.0. The smallest absolute Gasteiger partial charge is 0.253 e. The fourth-order valence-corrected chi connectivity index (χ4v) is 3.82. The van der Waals surface area contributed by atoms with Gasteiger partial charge >= 0.3 is 0 Å². The van der Waals surface area contributed by atoms with E-state index in [0.29, 0.717) is 72.9 Å². The van der Waals surface area contributed by atoms with E-state index in [-0.39, 0.29) is 11.3 Å². The summed E-state index contributed by atoms with van der Waals surface area (Å²) in [6, 6.07) is 7.88. The molecule has 0 radical (unpaired) electrons. The highest BCUT2D eigenvalue weighted by molar-refractivity contribution is 5.98. The predicted octanol–water partition coefficient (Wildman–Crippen LogP) is 3.26. The monoisotopic (exact) mass is 457 g/mol. The molecule has 33 heavy (non-hydrogen) atoms. The van der Waals surface area contributed by atoms with Gasteiger partial charge in [0.2, 0.25) is 0 Å². The van der Waals surface area contributed by atoms with Gasteiger partial charge in [-0.2, -0.15) is 0 Å². The third-order valence-electron chi connectivity index (χ3n) is 5.45. The van der Waals surface area contributed by atoms with E-state index in [0.717, 1.165) is 6.07 Å². The minimum atomic E-state index is -0.678. The number of halogens is 2. The van der Waals surface area contributed by atoms with Crippen LogP contribution in [0.5, 0.6) is 0 Å². The summed E-state index contributed by atoms with van der Waals surface area (Å²) in [7, 11) is 3.27. The Morgan fingerprint density at radius 3 is 2.42 bits per heavy atom. The first-order valence-corrected chi connectivity index (χ1v) is 10.7. The maximum atomic E-state index is 13.5. The summed E-state index contributed by atoms with van der Waals surface area (Å²) >= 11 is 0. The van der Waals surface area contributed by atoms with Crippen LogP contribution < -0.4 is 15.6 Å². The zero-order chi connectivity index (χ0) is 23.5. The SMILES string of the molecule is CN(C)C(=O)c1cc(CCNc2cc(F)cc(F)c2)c2oc(N3CCOCC3)cc(=O)c2c1. The van der Waals surface area contributed by atoms with Crippen LogP contribution in [0.25, 0.3) is 11.0 Å². The fourth-order valence-electron chi connectivity index (χ4n) is 3.82. The van der Waals surface area contributed by atoms with Crippen molar-refractivity contribution < 1.29 is 22.7 Å². The highest BCUT2D eigenvalue weighted by Crippen LogP contribution is 2.26. The zero-order valence-corrected chi connectivity index (χ0v) is 18.5. The Morgan fingerprint density at radius 1 is 1.06 bits per heavy atom. The summed E-state index contributed by atoms with van der Waals surface area (Å²) in [6.45, 7) is 2.60. The number of rotatable bonds is 6. The first-order chi connectivity index (χ1) is 15.8. The van der Waals surface area contributed by atoms with Crippen LogP contribution in [0.15, 0.2) is 45.6 Å². The molecule has 0 aliphatic carbocycles. The number of hydrogen-bond donors (Lipinski definition) is 1. The summed E-state index contributed by atoms with van der Waals surface area (Å²) in [5.74, 6) is -1.15. The molecule has 7 nitrogen and oxygen atoms in total. The Hall–Kier alpha value is -3.46. The molecule has 0 atom stereocenters. The molecule has 2 heterocycles. The standard InChI is InChI=1S/C24H25F2N3O4/c1-28(2)24(31)16-9-15(3-4-27-19-12-17(25)11-18(26)13-19)23-20(10-16)21(30)14-22(33-23)29-5-7-32-8-6-29/h9-14,27H,3-8H2,1-2H3. The largest absolute Gasteiger partial charge is 0.440 e. The molecule has 1 aliphatic heterocycles. The van der Waals surface area contributed by atoms with Gasteiger partial charge in [0.05, 0.1) is 18.6 Å². The molecule has 1 aromatic heterocycles. The van der Waals surface area contributed by atoms with Crippen molar-refractivity contribution in [3.63, 3.8) is 0 Å². The Morgan fingerprint density at radius 2 is 1.76 bits per heavy atom. The number of nitrogens with zero attached hydrogens (tertiary/aromatic N) is 2. The summed E-state index contributed by atoms with van der Waals surface area (Å²) in [4.78, 5) is 29.0. The molecule has 174 valence electrons. The maximum Gasteiger partial charge on any atom is 0.253 e. The Bertz CT molecular complexity index is 1220. The number of anilines is 2.